The van der Waals surface area contributed by atoms with Gasteiger partial charge in [-0.05, 0) is 17.7 Å². The fraction of sp³-hybridized carbons (Fsp3) is 0.235. The Bertz CT molecular complexity index is 750. The van der Waals surface area contributed by atoms with Crippen molar-refractivity contribution in [3.05, 3.63) is 70.3 Å². The van der Waals surface area contributed by atoms with Gasteiger partial charge in [-0.15, -0.1) is 0 Å². The van der Waals surface area contributed by atoms with Crippen LogP contribution in [0, 0.1) is 10.1 Å². The molecule has 0 bridgehead atoms. The fourth-order valence-corrected chi connectivity index (χ4v) is 2.71. The lowest BCUT2D eigenvalue weighted by atomic mass is 10.0. The molecule has 1 fully saturated rings. The lowest BCUT2D eigenvalue weighted by molar-refractivity contribution is -0.384. The smallest absolute Gasteiger partial charge is 0.305 e. The standard InChI is InChI=1S/C17H16N2O5/c1-12(20)23-17-11-16(13-6-5-9-15(10-13)19(21)22)18(24-17)14-7-3-2-4-8-14/h2-10,16-17H,11H2,1H3/t16-,17-/m1/s1. The molecule has 2 aromatic rings. The number of rotatable bonds is 4. The summed E-state index contributed by atoms with van der Waals surface area (Å²) >= 11 is 0. The van der Waals surface area contributed by atoms with E-state index < -0.39 is 17.2 Å². The molecule has 2 atom stereocenters. The third kappa shape index (κ3) is 3.36. The molecule has 3 rings (SSSR count). The Morgan fingerprint density at radius 2 is 2.00 bits per heavy atom. The number of nitrogens with zero attached hydrogens (tertiary/aromatic N) is 2. The molecule has 124 valence electrons. The quantitative estimate of drug-likeness (QED) is 0.486. The summed E-state index contributed by atoms with van der Waals surface area (Å²) in [5, 5.41) is 12.7. The van der Waals surface area contributed by atoms with Gasteiger partial charge in [0.25, 0.3) is 5.69 Å². The first kappa shape index (κ1) is 15.9. The van der Waals surface area contributed by atoms with E-state index in [1.54, 1.807) is 17.2 Å². The summed E-state index contributed by atoms with van der Waals surface area (Å²) in [7, 11) is 0. The molecule has 24 heavy (non-hydrogen) atoms. The van der Waals surface area contributed by atoms with Gasteiger partial charge >= 0.3 is 5.97 Å². The zero-order chi connectivity index (χ0) is 17.1. The van der Waals surface area contributed by atoms with Gasteiger partial charge in [0.15, 0.2) is 0 Å². The van der Waals surface area contributed by atoms with E-state index in [2.05, 4.69) is 0 Å². The molecule has 0 unspecified atom stereocenters. The van der Waals surface area contributed by atoms with E-state index in [-0.39, 0.29) is 11.7 Å². The number of carbonyl (C=O) groups is 1. The van der Waals surface area contributed by atoms with Crippen LogP contribution in [0.15, 0.2) is 54.6 Å². The lowest BCUT2D eigenvalue weighted by Crippen LogP contribution is -2.23. The summed E-state index contributed by atoms with van der Waals surface area (Å²) in [6, 6.07) is 15.4. The second kappa shape index (κ2) is 6.67. The maximum atomic E-state index is 11.2. The summed E-state index contributed by atoms with van der Waals surface area (Å²) in [6.45, 7) is 1.32. The monoisotopic (exact) mass is 328 g/mol. The van der Waals surface area contributed by atoms with Crippen LogP contribution < -0.4 is 5.06 Å². The van der Waals surface area contributed by atoms with Crippen molar-refractivity contribution < 1.29 is 19.3 Å². The molecule has 0 amide bonds. The number of nitro groups is 1. The number of hydrogen-bond acceptors (Lipinski definition) is 6. The number of anilines is 1. The predicted octanol–water partition coefficient (Wildman–Crippen LogP) is 3.37. The fourth-order valence-electron chi connectivity index (χ4n) is 2.71. The minimum atomic E-state index is -0.730. The van der Waals surface area contributed by atoms with Gasteiger partial charge < -0.3 is 4.74 Å². The average molecular weight is 328 g/mol. The number of esters is 1. The average Bonchev–Trinajstić information content (AvgIpc) is 2.99. The van der Waals surface area contributed by atoms with Gasteiger partial charge in [-0.1, -0.05) is 30.3 Å². The zero-order valence-corrected chi connectivity index (χ0v) is 13.0. The summed E-state index contributed by atoms with van der Waals surface area (Å²) in [4.78, 5) is 27.6. The first-order valence-electron chi connectivity index (χ1n) is 7.47. The van der Waals surface area contributed by atoms with E-state index in [0.29, 0.717) is 6.42 Å². The molecule has 0 N–H and O–H groups in total. The molecule has 0 spiro atoms. The minimum absolute atomic E-state index is 0.0106. The van der Waals surface area contributed by atoms with Crippen LogP contribution in [0.4, 0.5) is 11.4 Å². The van der Waals surface area contributed by atoms with Crippen LogP contribution >= 0.6 is 0 Å². The number of benzene rings is 2. The second-order valence-electron chi connectivity index (χ2n) is 5.41. The first-order valence-corrected chi connectivity index (χ1v) is 7.47. The second-order valence-corrected chi connectivity index (χ2v) is 5.41. The molecule has 7 heteroatoms. The van der Waals surface area contributed by atoms with Crippen LogP contribution in [-0.4, -0.2) is 17.2 Å². The molecule has 7 nitrogen and oxygen atoms in total. The van der Waals surface area contributed by atoms with Gasteiger partial charge in [0, 0.05) is 25.5 Å². The molecular formula is C17H16N2O5. The zero-order valence-electron chi connectivity index (χ0n) is 13.0. The van der Waals surface area contributed by atoms with E-state index in [9.17, 15) is 14.9 Å². The molecule has 0 aromatic heterocycles. The highest BCUT2D eigenvalue weighted by molar-refractivity contribution is 5.66. The van der Waals surface area contributed by atoms with Crippen LogP contribution in [0.3, 0.4) is 0 Å². The number of nitro benzene ring substituents is 1. The summed E-state index contributed by atoms with van der Waals surface area (Å²) in [6.07, 6.45) is -0.345. The molecule has 0 saturated carbocycles. The highest BCUT2D eigenvalue weighted by Crippen LogP contribution is 2.39. The molecule has 0 aliphatic carbocycles. The topological polar surface area (TPSA) is 81.9 Å². The van der Waals surface area contributed by atoms with Gasteiger partial charge in [0.2, 0.25) is 6.29 Å². The first-order chi connectivity index (χ1) is 11.5. The van der Waals surface area contributed by atoms with Crippen LogP contribution in [-0.2, 0) is 14.4 Å². The highest BCUT2D eigenvalue weighted by atomic mass is 16.8. The molecule has 1 heterocycles. The van der Waals surface area contributed by atoms with Gasteiger partial charge in [0.05, 0.1) is 16.7 Å². The van der Waals surface area contributed by atoms with Crippen LogP contribution in [0.5, 0.6) is 0 Å². The van der Waals surface area contributed by atoms with Crippen molar-refractivity contribution in [1.29, 1.82) is 0 Å². The number of para-hydroxylation sites is 1. The number of hydrogen-bond donors (Lipinski definition) is 0. The van der Waals surface area contributed by atoms with Crippen molar-refractivity contribution >= 4 is 17.3 Å². The number of carbonyl (C=O) groups excluding carboxylic acids is 1. The molecule has 0 radical (unpaired) electrons. The molecule has 1 aliphatic rings. The number of non-ortho nitro benzene ring substituents is 1. The normalized spacial score (nSPS) is 20.0. The van der Waals surface area contributed by atoms with Crippen LogP contribution in [0.25, 0.3) is 0 Å². The van der Waals surface area contributed by atoms with Crippen molar-refractivity contribution in [3.63, 3.8) is 0 Å². The third-order valence-electron chi connectivity index (χ3n) is 3.70. The summed E-state index contributed by atoms with van der Waals surface area (Å²) in [5.41, 5.74) is 1.52. The van der Waals surface area contributed by atoms with E-state index in [1.807, 2.05) is 30.3 Å². The summed E-state index contributed by atoms with van der Waals surface area (Å²) < 4.78 is 5.16. The number of ether oxygens (including phenoxy) is 1. The Morgan fingerprint density at radius 1 is 1.25 bits per heavy atom. The van der Waals surface area contributed by atoms with Crippen molar-refractivity contribution in [2.45, 2.75) is 25.7 Å². The van der Waals surface area contributed by atoms with Crippen molar-refractivity contribution in [2.75, 3.05) is 5.06 Å². The Morgan fingerprint density at radius 3 is 2.67 bits per heavy atom. The Labute approximate surface area is 138 Å². The van der Waals surface area contributed by atoms with Crippen molar-refractivity contribution in [1.82, 2.24) is 0 Å². The van der Waals surface area contributed by atoms with Crippen LogP contribution in [0.2, 0.25) is 0 Å². The maximum Gasteiger partial charge on any atom is 0.305 e. The predicted molar refractivity (Wildman–Crippen MR) is 86.0 cm³/mol. The largest absolute Gasteiger partial charge is 0.434 e. The third-order valence-corrected chi connectivity index (χ3v) is 3.70. The Hall–Kier alpha value is -2.93. The minimum Gasteiger partial charge on any atom is -0.434 e. The Kier molecular flexibility index (Phi) is 4.43. The van der Waals surface area contributed by atoms with E-state index in [1.165, 1.54) is 19.1 Å². The van der Waals surface area contributed by atoms with E-state index >= 15 is 0 Å². The Balaban J connectivity index is 1.94. The van der Waals surface area contributed by atoms with Gasteiger partial charge in [0.1, 0.15) is 0 Å². The van der Waals surface area contributed by atoms with Crippen molar-refractivity contribution in [2.24, 2.45) is 0 Å². The highest BCUT2D eigenvalue weighted by Gasteiger charge is 2.37. The lowest BCUT2D eigenvalue weighted by Gasteiger charge is -2.24. The maximum absolute atomic E-state index is 11.2. The molecule has 1 saturated heterocycles. The van der Waals surface area contributed by atoms with Gasteiger partial charge in [-0.25, -0.2) is 9.90 Å². The SMILES string of the molecule is CC(=O)O[C@H]1C[C@H](c2cccc([N+](=O)[O-])c2)N(c2ccccc2)O1. The van der Waals surface area contributed by atoms with Crippen LogP contribution in [0.1, 0.15) is 24.9 Å². The molecular weight excluding hydrogens is 312 g/mol. The summed E-state index contributed by atoms with van der Waals surface area (Å²) in [5.74, 6) is -0.437. The van der Waals surface area contributed by atoms with E-state index in [0.717, 1.165) is 11.3 Å². The van der Waals surface area contributed by atoms with Crippen molar-refractivity contribution in [3.8, 4) is 0 Å². The van der Waals surface area contributed by atoms with Gasteiger partial charge in [-0.3, -0.25) is 14.9 Å². The molecule has 1 aliphatic heterocycles. The number of hydroxylamine groups is 1. The molecule has 2 aromatic carbocycles. The van der Waals surface area contributed by atoms with Gasteiger partial charge in [-0.2, -0.15) is 0 Å². The van der Waals surface area contributed by atoms with E-state index in [4.69, 9.17) is 9.57 Å².